The Morgan fingerprint density at radius 2 is 1.70 bits per heavy atom. The lowest BCUT2D eigenvalue weighted by molar-refractivity contribution is -0.144. The summed E-state index contributed by atoms with van der Waals surface area (Å²) in [6.45, 7) is 1.80. The van der Waals surface area contributed by atoms with E-state index in [1.165, 1.54) is 44.7 Å². The van der Waals surface area contributed by atoms with Gasteiger partial charge < -0.3 is 19.5 Å². The van der Waals surface area contributed by atoms with Gasteiger partial charge in [-0.05, 0) is 42.7 Å². The molecular formula is C31H28F2N2O7S. The summed E-state index contributed by atoms with van der Waals surface area (Å²) in [5.74, 6) is -2.85. The Bertz CT molecular complexity index is 1690. The molecule has 12 heteroatoms. The summed E-state index contributed by atoms with van der Waals surface area (Å²) in [5, 5.41) is 2.57. The van der Waals surface area contributed by atoms with Crippen molar-refractivity contribution in [3.8, 4) is 11.5 Å². The van der Waals surface area contributed by atoms with Gasteiger partial charge in [0, 0.05) is 37.6 Å². The van der Waals surface area contributed by atoms with Crippen LogP contribution >= 0.6 is 11.3 Å². The predicted octanol–water partition coefficient (Wildman–Crippen LogP) is 5.25. The first-order chi connectivity index (χ1) is 20.6. The van der Waals surface area contributed by atoms with Crippen molar-refractivity contribution in [2.24, 2.45) is 0 Å². The van der Waals surface area contributed by atoms with E-state index in [9.17, 15) is 28.0 Å². The van der Waals surface area contributed by atoms with Crippen LogP contribution in [0.25, 0.3) is 10.2 Å². The average Bonchev–Trinajstić information content (AvgIpc) is 3.43. The highest BCUT2D eigenvalue weighted by Crippen LogP contribution is 2.35. The van der Waals surface area contributed by atoms with Gasteiger partial charge in [-0.2, -0.15) is 0 Å². The molecule has 2 heterocycles. The van der Waals surface area contributed by atoms with Crippen LogP contribution in [0.1, 0.15) is 39.2 Å². The van der Waals surface area contributed by atoms with Gasteiger partial charge in [0.05, 0.1) is 29.3 Å². The fourth-order valence-electron chi connectivity index (χ4n) is 4.28. The number of nitrogens with one attached hydrogen (secondary N) is 1. The number of carbonyl (C=O) groups excluding carboxylic acids is 4. The van der Waals surface area contributed by atoms with E-state index in [-0.39, 0.29) is 53.2 Å². The third-order valence-electron chi connectivity index (χ3n) is 6.48. The number of halogens is 2. The van der Waals surface area contributed by atoms with Gasteiger partial charge in [-0.25, -0.2) is 13.6 Å². The summed E-state index contributed by atoms with van der Waals surface area (Å²) in [6.07, 6.45) is 0.984. The molecule has 9 nitrogen and oxygen atoms in total. The van der Waals surface area contributed by atoms with Gasteiger partial charge in [-0.1, -0.05) is 23.8 Å². The van der Waals surface area contributed by atoms with Crippen LogP contribution in [0.3, 0.4) is 0 Å². The topological polar surface area (TPSA) is 121 Å². The maximum Gasteiger partial charge on any atom is 0.328 e. The molecule has 0 fully saturated rings. The van der Waals surface area contributed by atoms with Crippen LogP contribution in [0.5, 0.6) is 11.5 Å². The summed E-state index contributed by atoms with van der Waals surface area (Å²) >= 11 is 1.05. The molecule has 0 aliphatic heterocycles. The van der Waals surface area contributed by atoms with E-state index in [1.807, 2.05) is 0 Å². The van der Waals surface area contributed by atoms with Gasteiger partial charge in [0.15, 0.2) is 0 Å². The Kier molecular flexibility index (Phi) is 10.1. The molecule has 0 bridgehead atoms. The van der Waals surface area contributed by atoms with E-state index in [1.54, 1.807) is 25.1 Å². The molecule has 43 heavy (non-hydrogen) atoms. The van der Waals surface area contributed by atoms with Gasteiger partial charge in [-0.3, -0.25) is 19.4 Å². The molecule has 0 aliphatic carbocycles. The predicted molar refractivity (Wildman–Crippen MR) is 154 cm³/mol. The largest absolute Gasteiger partial charge is 0.469 e. The number of fused-ring (bicyclic) bond motifs is 1. The Morgan fingerprint density at radius 1 is 0.930 bits per heavy atom. The van der Waals surface area contributed by atoms with E-state index in [0.29, 0.717) is 16.0 Å². The third kappa shape index (κ3) is 7.98. The molecular weight excluding hydrogens is 582 g/mol. The minimum Gasteiger partial charge on any atom is -0.469 e. The minimum atomic E-state index is -1.07. The summed E-state index contributed by atoms with van der Waals surface area (Å²) in [4.78, 5) is 53.6. The number of amides is 1. The van der Waals surface area contributed by atoms with Crippen molar-refractivity contribution in [3.05, 3.63) is 87.9 Å². The smallest absolute Gasteiger partial charge is 0.328 e. The molecule has 0 saturated heterocycles. The van der Waals surface area contributed by atoms with E-state index < -0.39 is 35.5 Å². The average molecular weight is 611 g/mol. The SMILES string of the molecule is COC(=O)CC[C@H](NC(=O)c1cc2nccc(Oc3ccc(CC(=O)Cc4cc(C)ccc4F)c(F)c3)c2s1)C(=O)OC. The lowest BCUT2D eigenvalue weighted by Crippen LogP contribution is -2.41. The molecule has 4 aromatic rings. The van der Waals surface area contributed by atoms with Crippen molar-refractivity contribution in [2.45, 2.75) is 38.6 Å². The van der Waals surface area contributed by atoms with Crippen molar-refractivity contribution in [1.82, 2.24) is 10.3 Å². The number of ether oxygens (including phenoxy) is 3. The van der Waals surface area contributed by atoms with Crippen molar-refractivity contribution in [3.63, 3.8) is 0 Å². The molecule has 0 radical (unpaired) electrons. The lowest BCUT2D eigenvalue weighted by Gasteiger charge is -2.15. The van der Waals surface area contributed by atoms with E-state index >= 15 is 0 Å². The fraction of sp³-hybridized carbons (Fsp3) is 0.258. The molecule has 1 N–H and O–H groups in total. The van der Waals surface area contributed by atoms with Gasteiger partial charge in [0.25, 0.3) is 5.91 Å². The maximum atomic E-state index is 14.9. The van der Waals surface area contributed by atoms with Gasteiger partial charge >= 0.3 is 11.9 Å². The summed E-state index contributed by atoms with van der Waals surface area (Å²) in [7, 11) is 2.39. The molecule has 0 unspecified atom stereocenters. The number of thiophene rings is 1. The van der Waals surface area contributed by atoms with Crippen molar-refractivity contribution >= 4 is 45.2 Å². The first-order valence-corrected chi connectivity index (χ1v) is 14.0. The minimum absolute atomic E-state index is 0.0153. The van der Waals surface area contributed by atoms with Crippen molar-refractivity contribution in [1.29, 1.82) is 0 Å². The molecule has 2 aromatic heterocycles. The second-order valence-electron chi connectivity index (χ2n) is 9.64. The number of aromatic nitrogens is 1. The molecule has 1 amide bonds. The second-order valence-corrected chi connectivity index (χ2v) is 10.7. The molecule has 224 valence electrons. The number of esters is 2. The number of nitrogens with zero attached hydrogens (tertiary/aromatic N) is 1. The standard InChI is InChI=1S/C31H28F2N2O7S/c1-17-4-7-22(32)19(12-17)14-20(36)13-18-5-6-21(15-23(18)33)42-26-10-11-34-25-16-27(43-29(25)26)30(38)35-24(31(39)41-3)8-9-28(37)40-2/h4-7,10-12,15-16,24H,8-9,13-14H2,1-3H3,(H,35,38)/t24-/m0/s1. The van der Waals surface area contributed by atoms with E-state index in [4.69, 9.17) is 9.47 Å². The number of Topliss-reactive ketones (excluding diaryl/α,β-unsaturated/α-hetero) is 1. The maximum absolute atomic E-state index is 14.9. The van der Waals surface area contributed by atoms with Gasteiger partial charge in [0.2, 0.25) is 0 Å². The molecule has 1 atom stereocenters. The lowest BCUT2D eigenvalue weighted by atomic mass is 10.0. The number of ketones is 1. The number of aryl methyl sites for hydroxylation is 1. The number of hydrogen-bond donors (Lipinski definition) is 1. The van der Waals surface area contributed by atoms with Crippen LogP contribution in [-0.4, -0.2) is 48.9 Å². The van der Waals surface area contributed by atoms with Crippen LogP contribution in [0.4, 0.5) is 8.78 Å². The highest BCUT2D eigenvalue weighted by atomic mass is 32.1. The molecule has 0 aliphatic rings. The van der Waals surface area contributed by atoms with Crippen LogP contribution in [0.2, 0.25) is 0 Å². The highest BCUT2D eigenvalue weighted by molar-refractivity contribution is 7.21. The Balaban J connectivity index is 1.46. The van der Waals surface area contributed by atoms with Crippen molar-refractivity contribution < 1.29 is 42.2 Å². The molecule has 0 saturated carbocycles. The zero-order valence-corrected chi connectivity index (χ0v) is 24.4. The number of rotatable bonds is 12. The highest BCUT2D eigenvalue weighted by Gasteiger charge is 2.25. The molecule has 2 aromatic carbocycles. The first-order valence-electron chi connectivity index (χ1n) is 13.1. The monoisotopic (exact) mass is 610 g/mol. The first kappa shape index (κ1) is 31.2. The van der Waals surface area contributed by atoms with Crippen molar-refractivity contribution in [2.75, 3.05) is 14.2 Å². The van der Waals surface area contributed by atoms with Gasteiger partial charge in [0.1, 0.15) is 35.0 Å². The Labute approximate surface area is 249 Å². The number of hydrogen-bond acceptors (Lipinski definition) is 9. The van der Waals surface area contributed by atoms with Crippen LogP contribution in [0, 0.1) is 18.6 Å². The Morgan fingerprint density at radius 3 is 2.42 bits per heavy atom. The summed E-state index contributed by atoms with van der Waals surface area (Å²) in [5.41, 5.74) is 1.66. The molecule has 4 rings (SSSR count). The number of carbonyl (C=O) groups is 4. The number of pyridine rings is 1. The van der Waals surface area contributed by atoms with E-state index in [0.717, 1.165) is 23.0 Å². The third-order valence-corrected chi connectivity index (χ3v) is 7.62. The summed E-state index contributed by atoms with van der Waals surface area (Å²) < 4.78 is 44.7. The number of benzene rings is 2. The molecule has 0 spiro atoms. The summed E-state index contributed by atoms with van der Waals surface area (Å²) in [6, 6.07) is 10.6. The Hall–Kier alpha value is -4.71. The fourth-order valence-corrected chi connectivity index (χ4v) is 5.25. The quantitative estimate of drug-likeness (QED) is 0.216. The zero-order chi connectivity index (χ0) is 31.1. The normalized spacial score (nSPS) is 11.6. The van der Waals surface area contributed by atoms with Gasteiger partial charge in [-0.15, -0.1) is 11.3 Å². The van der Waals surface area contributed by atoms with Crippen LogP contribution in [-0.2, 0) is 36.7 Å². The van der Waals surface area contributed by atoms with Crippen LogP contribution < -0.4 is 10.1 Å². The number of methoxy groups -OCH3 is 2. The van der Waals surface area contributed by atoms with E-state index in [2.05, 4.69) is 15.0 Å². The second kappa shape index (κ2) is 14.0. The zero-order valence-electron chi connectivity index (χ0n) is 23.6. The van der Waals surface area contributed by atoms with Crippen LogP contribution in [0.15, 0.2) is 54.7 Å².